The minimum Gasteiger partial charge on any atom is -0.507 e. The van der Waals surface area contributed by atoms with Gasteiger partial charge < -0.3 is 19.3 Å². The number of methoxy groups -OCH3 is 2. The van der Waals surface area contributed by atoms with Gasteiger partial charge in [-0.05, 0) is 22.9 Å². The standard InChI is InChI=1S/C12H13BrO6/c1-4-19-12(16)10(15)8-6(14)5-7(17-2)11(18-3)9(8)13/h5,14H,4H2,1-3H3. The number of halogens is 1. The largest absolute Gasteiger partial charge is 0.507 e. The fraction of sp³-hybridized carbons (Fsp3) is 0.333. The van der Waals surface area contributed by atoms with Crippen LogP contribution in [-0.2, 0) is 9.53 Å². The van der Waals surface area contributed by atoms with E-state index in [4.69, 9.17) is 9.47 Å². The van der Waals surface area contributed by atoms with Crippen LogP contribution in [0.1, 0.15) is 17.3 Å². The molecule has 0 aliphatic heterocycles. The van der Waals surface area contributed by atoms with Crippen molar-refractivity contribution in [3.63, 3.8) is 0 Å². The first-order valence-corrected chi connectivity index (χ1v) is 6.12. The van der Waals surface area contributed by atoms with E-state index in [9.17, 15) is 14.7 Å². The van der Waals surface area contributed by atoms with E-state index in [2.05, 4.69) is 20.7 Å². The molecule has 1 N–H and O–H groups in total. The van der Waals surface area contributed by atoms with E-state index >= 15 is 0 Å². The van der Waals surface area contributed by atoms with Gasteiger partial charge in [-0.25, -0.2) is 4.79 Å². The SMILES string of the molecule is CCOC(=O)C(=O)c1c(O)cc(OC)c(OC)c1Br. The van der Waals surface area contributed by atoms with E-state index in [1.165, 1.54) is 20.3 Å². The molecule has 1 aromatic carbocycles. The first-order valence-electron chi connectivity index (χ1n) is 5.32. The Labute approximate surface area is 118 Å². The number of ketones is 1. The molecule has 1 rings (SSSR count). The maximum absolute atomic E-state index is 11.9. The molecule has 0 heterocycles. The molecule has 6 nitrogen and oxygen atoms in total. The molecule has 0 aliphatic rings. The minimum atomic E-state index is -1.05. The van der Waals surface area contributed by atoms with Crippen LogP contribution in [0.2, 0.25) is 0 Å². The molecule has 0 radical (unpaired) electrons. The van der Waals surface area contributed by atoms with Crippen molar-refractivity contribution in [2.45, 2.75) is 6.92 Å². The summed E-state index contributed by atoms with van der Waals surface area (Å²) < 4.78 is 14.8. The molecule has 1 aromatic rings. The highest BCUT2D eigenvalue weighted by molar-refractivity contribution is 9.10. The summed E-state index contributed by atoms with van der Waals surface area (Å²) in [6, 6.07) is 1.19. The molecular formula is C12H13BrO6. The maximum Gasteiger partial charge on any atom is 0.379 e. The number of carbonyl (C=O) groups excluding carboxylic acids is 2. The van der Waals surface area contributed by atoms with Crippen molar-refractivity contribution in [2.75, 3.05) is 20.8 Å². The number of aromatic hydroxyl groups is 1. The number of phenolic OH excluding ortho intramolecular Hbond substituents is 1. The molecule has 0 unspecified atom stereocenters. The van der Waals surface area contributed by atoms with Crippen molar-refractivity contribution in [2.24, 2.45) is 0 Å². The molecule has 19 heavy (non-hydrogen) atoms. The zero-order chi connectivity index (χ0) is 14.6. The van der Waals surface area contributed by atoms with Gasteiger partial charge in [0, 0.05) is 6.07 Å². The van der Waals surface area contributed by atoms with Gasteiger partial charge in [-0.2, -0.15) is 0 Å². The van der Waals surface area contributed by atoms with Crippen molar-refractivity contribution in [3.8, 4) is 17.2 Å². The maximum atomic E-state index is 11.9. The zero-order valence-corrected chi connectivity index (χ0v) is 12.2. The predicted molar refractivity (Wildman–Crippen MR) is 69.9 cm³/mol. The summed E-state index contributed by atoms with van der Waals surface area (Å²) >= 11 is 3.11. The number of hydrogen-bond donors (Lipinski definition) is 1. The van der Waals surface area contributed by atoms with Crippen LogP contribution < -0.4 is 9.47 Å². The number of esters is 1. The number of Topliss-reactive ketones (excluding diaryl/α,β-unsaturated/α-hetero) is 1. The number of rotatable bonds is 5. The van der Waals surface area contributed by atoms with E-state index < -0.39 is 17.5 Å². The third-order valence-corrected chi connectivity index (χ3v) is 3.04. The van der Waals surface area contributed by atoms with Gasteiger partial charge in [0.1, 0.15) is 5.75 Å². The van der Waals surface area contributed by atoms with E-state index in [0.717, 1.165) is 0 Å². The molecule has 0 amide bonds. The third-order valence-electron chi connectivity index (χ3n) is 2.28. The number of benzene rings is 1. The summed E-state index contributed by atoms with van der Waals surface area (Å²) in [6.07, 6.45) is 0. The fourth-order valence-electron chi connectivity index (χ4n) is 1.45. The van der Waals surface area contributed by atoms with Crippen molar-refractivity contribution >= 4 is 27.7 Å². The van der Waals surface area contributed by atoms with Crippen LogP contribution in [0, 0.1) is 0 Å². The number of phenols is 1. The van der Waals surface area contributed by atoms with Crippen LogP contribution in [0.4, 0.5) is 0 Å². The summed E-state index contributed by atoms with van der Waals surface area (Å²) in [4.78, 5) is 23.3. The highest BCUT2D eigenvalue weighted by atomic mass is 79.9. The molecule has 0 fully saturated rings. The summed E-state index contributed by atoms with van der Waals surface area (Å²) in [7, 11) is 2.76. The molecule has 0 spiro atoms. The topological polar surface area (TPSA) is 82.1 Å². The van der Waals surface area contributed by atoms with Gasteiger partial charge in [-0.3, -0.25) is 4.79 Å². The first kappa shape index (κ1) is 15.3. The van der Waals surface area contributed by atoms with Gasteiger partial charge in [-0.15, -0.1) is 0 Å². The average Bonchev–Trinajstić information content (AvgIpc) is 2.38. The van der Waals surface area contributed by atoms with Crippen molar-refractivity contribution in [3.05, 3.63) is 16.1 Å². The normalized spacial score (nSPS) is 9.89. The summed E-state index contributed by atoms with van der Waals surface area (Å²) in [5, 5.41) is 9.82. The molecule has 7 heteroatoms. The second-order valence-electron chi connectivity index (χ2n) is 3.37. The Balaban J connectivity index is 3.36. The molecule has 0 atom stereocenters. The molecule has 0 saturated heterocycles. The van der Waals surface area contributed by atoms with E-state index in [-0.39, 0.29) is 28.1 Å². The molecule has 104 valence electrons. The lowest BCUT2D eigenvalue weighted by atomic mass is 10.1. The van der Waals surface area contributed by atoms with Gasteiger partial charge in [-0.1, -0.05) is 0 Å². The lowest BCUT2D eigenvalue weighted by molar-refractivity contribution is -0.137. The monoisotopic (exact) mass is 332 g/mol. The van der Waals surface area contributed by atoms with Crippen molar-refractivity contribution in [1.29, 1.82) is 0 Å². The second-order valence-corrected chi connectivity index (χ2v) is 4.16. The number of hydrogen-bond acceptors (Lipinski definition) is 6. The Hall–Kier alpha value is -1.76. The average molecular weight is 333 g/mol. The van der Waals surface area contributed by atoms with Crippen LogP contribution in [0.5, 0.6) is 17.2 Å². The van der Waals surface area contributed by atoms with Crippen LogP contribution in [0.25, 0.3) is 0 Å². The van der Waals surface area contributed by atoms with E-state index in [0.29, 0.717) is 0 Å². The van der Waals surface area contributed by atoms with Crippen LogP contribution in [-0.4, -0.2) is 37.7 Å². The van der Waals surface area contributed by atoms with E-state index in [1.807, 2.05) is 0 Å². The lowest BCUT2D eigenvalue weighted by Gasteiger charge is -2.13. The molecule has 0 aliphatic carbocycles. The van der Waals surface area contributed by atoms with Gasteiger partial charge >= 0.3 is 5.97 Å². The Bertz CT molecular complexity index is 511. The highest BCUT2D eigenvalue weighted by Gasteiger charge is 2.28. The number of carbonyl (C=O) groups is 2. The summed E-state index contributed by atoms with van der Waals surface area (Å²) in [5.74, 6) is -1.99. The molecule has 0 bridgehead atoms. The Morgan fingerprint density at radius 1 is 1.32 bits per heavy atom. The van der Waals surface area contributed by atoms with Crippen LogP contribution in [0.15, 0.2) is 10.5 Å². The summed E-state index contributed by atoms with van der Waals surface area (Å²) in [6.45, 7) is 1.64. The van der Waals surface area contributed by atoms with Gasteiger partial charge in [0.25, 0.3) is 5.78 Å². The molecule has 0 saturated carbocycles. The Morgan fingerprint density at radius 3 is 2.42 bits per heavy atom. The molecule has 0 aromatic heterocycles. The van der Waals surface area contributed by atoms with Gasteiger partial charge in [0.05, 0.1) is 30.9 Å². The van der Waals surface area contributed by atoms with Crippen molar-refractivity contribution < 1.29 is 28.9 Å². The number of ether oxygens (including phenoxy) is 3. The highest BCUT2D eigenvalue weighted by Crippen LogP contribution is 2.42. The Kier molecular flexibility index (Phi) is 5.17. The first-order chi connectivity index (χ1) is 8.97. The van der Waals surface area contributed by atoms with Crippen LogP contribution >= 0.6 is 15.9 Å². The Morgan fingerprint density at radius 2 is 1.95 bits per heavy atom. The van der Waals surface area contributed by atoms with Gasteiger partial charge in [0.15, 0.2) is 11.5 Å². The predicted octanol–water partition coefficient (Wildman–Crippen LogP) is 1.92. The third kappa shape index (κ3) is 2.98. The lowest BCUT2D eigenvalue weighted by Crippen LogP contribution is -2.18. The second kappa shape index (κ2) is 6.42. The molecular weight excluding hydrogens is 320 g/mol. The smallest absolute Gasteiger partial charge is 0.379 e. The van der Waals surface area contributed by atoms with E-state index in [1.54, 1.807) is 6.92 Å². The fourth-order valence-corrected chi connectivity index (χ4v) is 2.19. The zero-order valence-electron chi connectivity index (χ0n) is 10.7. The van der Waals surface area contributed by atoms with Crippen LogP contribution in [0.3, 0.4) is 0 Å². The summed E-state index contributed by atoms with van der Waals surface area (Å²) in [5.41, 5.74) is -0.226. The minimum absolute atomic E-state index is 0.0657. The quantitative estimate of drug-likeness (QED) is 0.504. The van der Waals surface area contributed by atoms with Crippen molar-refractivity contribution in [1.82, 2.24) is 0 Å². The van der Waals surface area contributed by atoms with Gasteiger partial charge in [0.2, 0.25) is 0 Å².